The summed E-state index contributed by atoms with van der Waals surface area (Å²) in [6.07, 6.45) is 1.13. The summed E-state index contributed by atoms with van der Waals surface area (Å²) in [5, 5.41) is 23.1. The van der Waals surface area contributed by atoms with Crippen LogP contribution < -0.4 is 15.4 Å². The number of aromatic amines is 1. The maximum Gasteiger partial charge on any atom is 0.328 e. The Morgan fingerprint density at radius 2 is 1.69 bits per heavy atom. The lowest BCUT2D eigenvalue weighted by Crippen LogP contribution is -2.58. The topological polar surface area (TPSA) is 149 Å². The fourth-order valence-electron chi connectivity index (χ4n) is 3.66. The molecule has 1 aliphatic rings. The summed E-state index contributed by atoms with van der Waals surface area (Å²) in [7, 11) is 0. The molecule has 4 amide bonds. The minimum Gasteiger partial charge on any atom is -0.711 e. The summed E-state index contributed by atoms with van der Waals surface area (Å²) in [5.41, 5.74) is 0.0404. The first-order valence-corrected chi connectivity index (χ1v) is 9.09. The van der Waals surface area contributed by atoms with Crippen LogP contribution in [-0.4, -0.2) is 37.6 Å². The molecule has 1 saturated heterocycles. The molecule has 1 fully saturated rings. The first kappa shape index (κ1) is 21.0. The third kappa shape index (κ3) is 3.16. The molecule has 0 spiro atoms. The van der Waals surface area contributed by atoms with E-state index in [4.69, 9.17) is 0 Å². The summed E-state index contributed by atoms with van der Waals surface area (Å²) in [6.45, 7) is 2.97. The molecule has 1 unspecified atom stereocenters. The molecule has 3 heterocycles. The van der Waals surface area contributed by atoms with Crippen molar-refractivity contribution < 1.29 is 32.3 Å². The van der Waals surface area contributed by atoms with Crippen LogP contribution in [0.5, 0.6) is 0 Å². The molecule has 1 atom stereocenters. The van der Waals surface area contributed by atoms with Gasteiger partial charge >= 0.3 is 12.0 Å². The van der Waals surface area contributed by atoms with Gasteiger partial charge in [-0.25, -0.2) is 27.8 Å². The zero-order valence-electron chi connectivity index (χ0n) is 16.4. The zero-order chi connectivity index (χ0) is 23.3. The molecule has 1 aliphatic heterocycles. The highest BCUT2D eigenvalue weighted by molar-refractivity contribution is 6.16. The van der Waals surface area contributed by atoms with Gasteiger partial charge in [-0.15, -0.1) is 0 Å². The minimum absolute atomic E-state index is 0.0101. The molecule has 166 valence electrons. The molecule has 4 rings (SSSR count). The number of imide groups is 2. The standard InChI is InChI=1S/C18H14F3N7O4/c1-6-7(2)28(32)16(27(6)17-22-5-23-26-17)11(8-3-9(19)13(21)10(20)4-8)12-14(29)24-18(31)25-15(12)30/h3-5,11-12H,1-2H3,(H,22,23,26)(H2,24,25,29,30,31). The Morgan fingerprint density at radius 3 is 2.22 bits per heavy atom. The highest BCUT2D eigenvalue weighted by Crippen LogP contribution is 2.35. The number of halogens is 3. The van der Waals surface area contributed by atoms with Crippen LogP contribution in [0.2, 0.25) is 0 Å². The van der Waals surface area contributed by atoms with E-state index in [0.29, 0.717) is 22.6 Å². The number of imidazole rings is 1. The lowest BCUT2D eigenvalue weighted by Gasteiger charge is -2.27. The van der Waals surface area contributed by atoms with Crippen LogP contribution in [-0.2, 0) is 9.59 Å². The summed E-state index contributed by atoms with van der Waals surface area (Å²) in [4.78, 5) is 40.8. The average molecular weight is 449 g/mol. The number of benzene rings is 1. The van der Waals surface area contributed by atoms with Gasteiger partial charge in [-0.2, -0.15) is 14.6 Å². The van der Waals surface area contributed by atoms with Crippen molar-refractivity contribution in [3.8, 4) is 5.95 Å². The Balaban J connectivity index is 2.05. The molecule has 32 heavy (non-hydrogen) atoms. The molecule has 0 bridgehead atoms. The second-order valence-corrected chi connectivity index (χ2v) is 7.03. The Bertz CT molecular complexity index is 1230. The maximum atomic E-state index is 14.1. The molecule has 0 radical (unpaired) electrons. The summed E-state index contributed by atoms with van der Waals surface area (Å²) in [6, 6.07) is 0.0460. The number of hydrogen-bond donors (Lipinski definition) is 3. The zero-order valence-corrected chi connectivity index (χ0v) is 16.4. The van der Waals surface area contributed by atoms with Gasteiger partial charge in [-0.3, -0.25) is 20.2 Å². The van der Waals surface area contributed by atoms with Crippen molar-refractivity contribution in [3.63, 3.8) is 0 Å². The molecule has 11 nitrogen and oxygen atoms in total. The van der Waals surface area contributed by atoms with Crippen LogP contribution >= 0.6 is 0 Å². The molecular formula is C18H14F3N7O4. The Labute approximate surface area is 176 Å². The molecule has 2 aromatic heterocycles. The molecule has 14 heteroatoms. The van der Waals surface area contributed by atoms with E-state index in [1.807, 2.05) is 10.6 Å². The quantitative estimate of drug-likeness (QED) is 0.227. The van der Waals surface area contributed by atoms with Crippen LogP contribution in [0.15, 0.2) is 18.5 Å². The van der Waals surface area contributed by atoms with Crippen molar-refractivity contribution in [2.75, 3.05) is 0 Å². The molecular weight excluding hydrogens is 435 g/mol. The monoisotopic (exact) mass is 449 g/mol. The van der Waals surface area contributed by atoms with Gasteiger partial charge < -0.3 is 5.21 Å². The van der Waals surface area contributed by atoms with Gasteiger partial charge in [-0.05, 0) is 17.7 Å². The van der Waals surface area contributed by atoms with E-state index in [1.165, 1.54) is 18.4 Å². The van der Waals surface area contributed by atoms with E-state index >= 15 is 0 Å². The minimum atomic E-state index is -1.81. The SMILES string of the molecule is Cc1c(C)[n+]([O-])c(C(c2cc(F)c(F)c(F)c2)C2C(=O)NC(=O)NC2=O)n1-c1ncn[nH]1. The number of urea groups is 1. The lowest BCUT2D eigenvalue weighted by atomic mass is 9.82. The predicted molar refractivity (Wildman–Crippen MR) is 97.5 cm³/mol. The molecule has 3 N–H and O–H groups in total. The van der Waals surface area contributed by atoms with Crippen molar-refractivity contribution in [3.05, 3.63) is 63.9 Å². The number of aromatic nitrogens is 5. The van der Waals surface area contributed by atoms with Gasteiger partial charge in [0.25, 0.3) is 5.82 Å². The summed E-state index contributed by atoms with van der Waals surface area (Å²) in [5.74, 6) is -11.0. The van der Waals surface area contributed by atoms with Gasteiger partial charge in [0.2, 0.25) is 11.8 Å². The molecule has 3 aromatic rings. The average Bonchev–Trinajstić information content (AvgIpc) is 3.31. The molecule has 0 aliphatic carbocycles. The van der Waals surface area contributed by atoms with Crippen LogP contribution in [0.3, 0.4) is 0 Å². The van der Waals surface area contributed by atoms with Crippen LogP contribution in [0, 0.1) is 42.4 Å². The van der Waals surface area contributed by atoms with Gasteiger partial charge in [0.05, 0.1) is 0 Å². The second-order valence-electron chi connectivity index (χ2n) is 7.03. The normalized spacial score (nSPS) is 15.6. The lowest BCUT2D eigenvalue weighted by molar-refractivity contribution is -0.621. The Hall–Kier alpha value is -4.23. The number of nitrogens with zero attached hydrogens (tertiary/aromatic N) is 4. The van der Waals surface area contributed by atoms with Crippen molar-refractivity contribution in [1.29, 1.82) is 0 Å². The first-order valence-electron chi connectivity index (χ1n) is 9.09. The second kappa shape index (κ2) is 7.47. The summed E-state index contributed by atoms with van der Waals surface area (Å²) < 4.78 is 43.4. The number of carbonyl (C=O) groups excluding carboxylic acids is 3. The van der Waals surface area contributed by atoms with Crippen LogP contribution in [0.4, 0.5) is 18.0 Å². The van der Waals surface area contributed by atoms with Gasteiger partial charge in [0.1, 0.15) is 23.9 Å². The van der Waals surface area contributed by atoms with Crippen LogP contribution in [0.25, 0.3) is 5.95 Å². The highest BCUT2D eigenvalue weighted by atomic mass is 19.2. The van der Waals surface area contributed by atoms with E-state index in [-0.39, 0.29) is 17.5 Å². The Kier molecular flexibility index (Phi) is 4.91. The Morgan fingerprint density at radius 1 is 1.09 bits per heavy atom. The smallest absolute Gasteiger partial charge is 0.328 e. The number of carbonyl (C=O) groups is 3. The van der Waals surface area contributed by atoms with Crippen molar-refractivity contribution in [2.45, 2.75) is 19.8 Å². The first-order chi connectivity index (χ1) is 15.1. The number of nitrogens with one attached hydrogen (secondary N) is 3. The van der Waals surface area contributed by atoms with Gasteiger partial charge in [0.15, 0.2) is 23.1 Å². The highest BCUT2D eigenvalue weighted by Gasteiger charge is 2.48. The van der Waals surface area contributed by atoms with E-state index < -0.39 is 52.7 Å². The predicted octanol–water partition coefficient (Wildman–Crippen LogP) is 0.377. The van der Waals surface area contributed by atoms with Crippen LogP contribution in [0.1, 0.15) is 28.7 Å². The number of barbiturate groups is 1. The fraction of sp³-hybridized carbons (Fsp3) is 0.222. The molecule has 0 saturated carbocycles. The third-order valence-corrected chi connectivity index (χ3v) is 5.23. The van der Waals surface area contributed by atoms with Crippen molar-refractivity contribution in [2.24, 2.45) is 5.92 Å². The number of hydrogen-bond acceptors (Lipinski definition) is 6. The maximum absolute atomic E-state index is 14.1. The third-order valence-electron chi connectivity index (χ3n) is 5.23. The van der Waals surface area contributed by atoms with E-state index in [0.717, 1.165) is 6.33 Å². The molecule has 1 aromatic carbocycles. The van der Waals surface area contributed by atoms with E-state index in [1.54, 1.807) is 0 Å². The number of amides is 4. The number of H-pyrrole nitrogens is 1. The summed E-state index contributed by atoms with van der Waals surface area (Å²) >= 11 is 0. The van der Waals surface area contributed by atoms with Gasteiger partial charge in [0, 0.05) is 13.8 Å². The van der Waals surface area contributed by atoms with Crippen molar-refractivity contribution in [1.82, 2.24) is 30.4 Å². The largest absolute Gasteiger partial charge is 0.711 e. The number of rotatable bonds is 4. The van der Waals surface area contributed by atoms with E-state index in [2.05, 4.69) is 15.2 Å². The van der Waals surface area contributed by atoms with E-state index in [9.17, 15) is 32.8 Å². The van der Waals surface area contributed by atoms with Gasteiger partial charge in [-0.1, -0.05) is 0 Å². The van der Waals surface area contributed by atoms with Crippen molar-refractivity contribution >= 4 is 17.8 Å². The fourth-order valence-corrected chi connectivity index (χ4v) is 3.66.